The second-order valence-electron chi connectivity index (χ2n) is 7.39. The van der Waals surface area contributed by atoms with Gasteiger partial charge in [0, 0.05) is 47.4 Å². The van der Waals surface area contributed by atoms with Crippen LogP contribution in [-0.2, 0) is 0 Å². The molecule has 4 rings (SSSR count). The fraction of sp³-hybridized carbons (Fsp3) is 0.208. The van der Waals surface area contributed by atoms with Gasteiger partial charge in [-0.2, -0.15) is 0 Å². The van der Waals surface area contributed by atoms with Crippen molar-refractivity contribution in [2.24, 2.45) is 4.99 Å². The lowest BCUT2D eigenvalue weighted by molar-refractivity contribution is 1.01. The van der Waals surface area contributed by atoms with Crippen LogP contribution in [0.2, 0.25) is 0 Å². The van der Waals surface area contributed by atoms with Crippen molar-refractivity contribution in [3.63, 3.8) is 0 Å². The first-order valence-electron chi connectivity index (χ1n) is 9.95. The largest absolute Gasteiger partial charge is 0.346 e. The predicted molar refractivity (Wildman–Crippen MR) is 127 cm³/mol. The van der Waals surface area contributed by atoms with Crippen LogP contribution in [0.1, 0.15) is 32.3 Å². The minimum Gasteiger partial charge on any atom is -0.346 e. The van der Waals surface area contributed by atoms with Crippen molar-refractivity contribution in [3.05, 3.63) is 76.9 Å². The lowest BCUT2D eigenvalue weighted by Crippen LogP contribution is -2.20. The van der Waals surface area contributed by atoms with Crippen LogP contribution in [0.5, 0.6) is 0 Å². The molecule has 2 heterocycles. The van der Waals surface area contributed by atoms with Crippen LogP contribution in [0.15, 0.2) is 76.3 Å². The zero-order chi connectivity index (χ0) is 21.1. The van der Waals surface area contributed by atoms with E-state index in [1.807, 2.05) is 50.5 Å². The summed E-state index contributed by atoms with van der Waals surface area (Å²) in [6.45, 7) is 4.08. The fourth-order valence-electron chi connectivity index (χ4n) is 3.51. The van der Waals surface area contributed by atoms with Gasteiger partial charge < -0.3 is 10.6 Å². The highest BCUT2D eigenvalue weighted by atomic mass is 35.5. The SMILES string of the molecule is CN=C(NC=C(C)C)c1cccc2c1nc(NC1=CCCC=C1Cl)c1ccncc12. The minimum atomic E-state index is 0.722. The van der Waals surface area contributed by atoms with E-state index in [0.29, 0.717) is 0 Å². The molecule has 0 amide bonds. The van der Waals surface area contributed by atoms with E-state index >= 15 is 0 Å². The third kappa shape index (κ3) is 3.94. The van der Waals surface area contributed by atoms with Gasteiger partial charge in [-0.05, 0) is 38.8 Å². The first-order chi connectivity index (χ1) is 14.6. The highest BCUT2D eigenvalue weighted by Gasteiger charge is 2.16. The molecular formula is C24H24ClN5. The quantitative estimate of drug-likeness (QED) is 0.316. The van der Waals surface area contributed by atoms with Crippen molar-refractivity contribution in [3.8, 4) is 0 Å². The molecule has 0 fully saturated rings. The number of hydrogen-bond acceptors (Lipinski definition) is 4. The van der Waals surface area contributed by atoms with Gasteiger partial charge in [-0.25, -0.2) is 4.98 Å². The Kier molecular flexibility index (Phi) is 5.81. The summed E-state index contributed by atoms with van der Waals surface area (Å²) in [4.78, 5) is 13.8. The van der Waals surface area contributed by atoms with Crippen LogP contribution >= 0.6 is 11.6 Å². The monoisotopic (exact) mass is 417 g/mol. The van der Waals surface area contributed by atoms with Gasteiger partial charge in [0.1, 0.15) is 11.7 Å². The average molecular weight is 418 g/mol. The molecule has 1 aliphatic carbocycles. The van der Waals surface area contributed by atoms with Gasteiger partial charge >= 0.3 is 0 Å². The predicted octanol–water partition coefficient (Wildman–Crippen LogP) is 5.89. The van der Waals surface area contributed by atoms with Crippen LogP contribution < -0.4 is 10.6 Å². The Morgan fingerprint density at radius 1 is 1.10 bits per heavy atom. The van der Waals surface area contributed by atoms with Crippen LogP contribution in [0.3, 0.4) is 0 Å². The molecule has 0 radical (unpaired) electrons. The van der Waals surface area contributed by atoms with Gasteiger partial charge in [-0.3, -0.25) is 9.98 Å². The number of benzene rings is 1. The smallest absolute Gasteiger partial charge is 0.139 e. The molecule has 30 heavy (non-hydrogen) atoms. The third-order valence-corrected chi connectivity index (χ3v) is 5.31. The molecule has 0 spiro atoms. The van der Waals surface area contributed by atoms with Crippen LogP contribution in [-0.4, -0.2) is 22.9 Å². The zero-order valence-corrected chi connectivity index (χ0v) is 18.1. The molecule has 0 aliphatic heterocycles. The number of aromatic nitrogens is 2. The second-order valence-corrected chi connectivity index (χ2v) is 7.80. The van der Waals surface area contributed by atoms with Gasteiger partial charge in [0.15, 0.2) is 0 Å². The van der Waals surface area contributed by atoms with Crippen molar-refractivity contribution in [2.45, 2.75) is 26.7 Å². The fourth-order valence-corrected chi connectivity index (χ4v) is 3.75. The number of pyridine rings is 2. The number of nitrogens with one attached hydrogen (secondary N) is 2. The molecule has 152 valence electrons. The van der Waals surface area contributed by atoms with Gasteiger partial charge in [0.05, 0.1) is 16.2 Å². The van der Waals surface area contributed by atoms with Gasteiger partial charge in [-0.15, -0.1) is 0 Å². The molecular weight excluding hydrogens is 394 g/mol. The Labute approximate surface area is 181 Å². The molecule has 2 N–H and O–H groups in total. The highest BCUT2D eigenvalue weighted by molar-refractivity contribution is 6.32. The molecule has 0 saturated heterocycles. The third-order valence-electron chi connectivity index (χ3n) is 4.95. The molecule has 0 unspecified atom stereocenters. The van der Waals surface area contributed by atoms with E-state index in [9.17, 15) is 0 Å². The maximum atomic E-state index is 6.43. The van der Waals surface area contributed by atoms with Crippen molar-refractivity contribution < 1.29 is 0 Å². The van der Waals surface area contributed by atoms with E-state index in [1.54, 1.807) is 13.2 Å². The normalized spacial score (nSPS) is 14.3. The summed E-state index contributed by atoms with van der Waals surface area (Å²) in [5, 5.41) is 10.5. The van der Waals surface area contributed by atoms with Gasteiger partial charge in [0.2, 0.25) is 0 Å². The molecule has 0 atom stereocenters. The van der Waals surface area contributed by atoms with E-state index in [-0.39, 0.29) is 0 Å². The number of nitrogens with zero attached hydrogens (tertiary/aromatic N) is 3. The highest BCUT2D eigenvalue weighted by Crippen LogP contribution is 2.33. The first-order valence-corrected chi connectivity index (χ1v) is 10.3. The standard InChI is InChI=1S/C24H24ClN5/c1-15(2)13-28-23(26-3)18-8-6-7-16-19-14-27-12-11-17(19)24(30-22(16)18)29-21-10-5-4-9-20(21)25/h6-14H,4-5H2,1-3H3,(H,26,28)(H,29,30). The Bertz CT molecular complexity index is 1230. The maximum Gasteiger partial charge on any atom is 0.139 e. The van der Waals surface area contributed by atoms with Gasteiger partial charge in [-0.1, -0.05) is 41.5 Å². The van der Waals surface area contributed by atoms with Crippen LogP contribution in [0.25, 0.3) is 21.7 Å². The number of para-hydroxylation sites is 1. The molecule has 0 bridgehead atoms. The number of rotatable bonds is 4. The van der Waals surface area contributed by atoms with E-state index < -0.39 is 0 Å². The number of fused-ring (bicyclic) bond motifs is 3. The average Bonchev–Trinajstić information content (AvgIpc) is 2.76. The molecule has 1 aromatic carbocycles. The van der Waals surface area contributed by atoms with E-state index in [4.69, 9.17) is 16.6 Å². The lowest BCUT2D eigenvalue weighted by atomic mass is 10.0. The van der Waals surface area contributed by atoms with Crippen molar-refractivity contribution in [1.29, 1.82) is 0 Å². The van der Waals surface area contributed by atoms with E-state index in [2.05, 4.69) is 32.8 Å². The lowest BCUT2D eigenvalue weighted by Gasteiger charge is -2.17. The molecule has 0 saturated carbocycles. The molecule has 1 aliphatic rings. The van der Waals surface area contributed by atoms with Crippen molar-refractivity contribution >= 4 is 44.9 Å². The Balaban J connectivity index is 1.92. The summed E-state index contributed by atoms with van der Waals surface area (Å²) in [6, 6.07) is 8.11. The molecule has 6 heteroatoms. The summed E-state index contributed by atoms with van der Waals surface area (Å²) in [5.74, 6) is 1.52. The Morgan fingerprint density at radius 3 is 2.70 bits per heavy atom. The number of halogens is 1. The molecule has 2 aromatic heterocycles. The van der Waals surface area contributed by atoms with Crippen LogP contribution in [0.4, 0.5) is 5.82 Å². The number of aliphatic imine (C=N–C) groups is 1. The molecule has 5 nitrogen and oxygen atoms in total. The number of amidine groups is 1. The Morgan fingerprint density at radius 2 is 1.93 bits per heavy atom. The summed E-state index contributed by atoms with van der Waals surface area (Å²) in [6.07, 6.45) is 11.7. The van der Waals surface area contributed by atoms with Gasteiger partial charge in [0.25, 0.3) is 0 Å². The van der Waals surface area contributed by atoms with Crippen LogP contribution in [0, 0.1) is 0 Å². The maximum absolute atomic E-state index is 6.43. The number of hydrogen-bond donors (Lipinski definition) is 2. The summed E-state index contributed by atoms with van der Waals surface area (Å²) >= 11 is 6.43. The zero-order valence-electron chi connectivity index (χ0n) is 17.3. The number of allylic oxidation sites excluding steroid dienone is 4. The summed E-state index contributed by atoms with van der Waals surface area (Å²) in [5.41, 5.74) is 3.83. The Hall–Kier alpha value is -3.18. The van der Waals surface area contributed by atoms with Crippen molar-refractivity contribution in [2.75, 3.05) is 12.4 Å². The number of anilines is 1. The minimum absolute atomic E-state index is 0.722. The van der Waals surface area contributed by atoms with Crippen molar-refractivity contribution in [1.82, 2.24) is 15.3 Å². The summed E-state index contributed by atoms with van der Waals surface area (Å²) in [7, 11) is 1.78. The first kappa shape index (κ1) is 20.1. The van der Waals surface area contributed by atoms with E-state index in [0.717, 1.165) is 68.0 Å². The summed E-state index contributed by atoms with van der Waals surface area (Å²) < 4.78 is 0. The molecule has 3 aromatic rings. The topological polar surface area (TPSA) is 62.2 Å². The second kappa shape index (κ2) is 8.67. The van der Waals surface area contributed by atoms with E-state index in [1.165, 1.54) is 0 Å².